The van der Waals surface area contributed by atoms with E-state index >= 15 is 0 Å². The third-order valence-corrected chi connectivity index (χ3v) is 6.71. The first-order valence-corrected chi connectivity index (χ1v) is 12.1. The van der Waals surface area contributed by atoms with Crippen LogP contribution in [0.3, 0.4) is 0 Å². The van der Waals surface area contributed by atoms with Crippen LogP contribution < -0.4 is 5.32 Å². The molecule has 36 heavy (non-hydrogen) atoms. The van der Waals surface area contributed by atoms with Gasteiger partial charge in [-0.1, -0.05) is 18.2 Å². The Bertz CT molecular complexity index is 1070. The van der Waals surface area contributed by atoms with E-state index in [1.165, 1.54) is 17.1 Å². The Morgan fingerprint density at radius 1 is 1.28 bits per heavy atom. The zero-order valence-electron chi connectivity index (χ0n) is 20.8. The highest BCUT2D eigenvalue weighted by Gasteiger charge is 2.39. The number of carbonyl (C=O) groups is 3. The molecule has 0 aliphatic carbocycles. The molecule has 3 N–H and O–H groups in total. The van der Waals surface area contributed by atoms with E-state index in [1.54, 1.807) is 31.0 Å². The number of amidine groups is 1. The maximum atomic E-state index is 14.9. The second-order valence-electron chi connectivity index (χ2n) is 9.69. The summed E-state index contributed by atoms with van der Waals surface area (Å²) in [6.07, 6.45) is 5.10. The van der Waals surface area contributed by atoms with Crippen molar-refractivity contribution in [3.05, 3.63) is 47.4 Å². The van der Waals surface area contributed by atoms with E-state index < -0.39 is 29.2 Å². The molecule has 1 atom stereocenters. The molecule has 11 heteroatoms. The Balaban J connectivity index is 1.66. The van der Waals surface area contributed by atoms with Gasteiger partial charge in [-0.25, -0.2) is 9.40 Å². The van der Waals surface area contributed by atoms with Crippen LogP contribution in [0.1, 0.15) is 62.4 Å². The van der Waals surface area contributed by atoms with Crippen LogP contribution in [0, 0.1) is 23.1 Å². The van der Waals surface area contributed by atoms with Gasteiger partial charge in [0, 0.05) is 36.8 Å². The van der Waals surface area contributed by atoms with E-state index in [1.807, 2.05) is 6.92 Å². The summed E-state index contributed by atoms with van der Waals surface area (Å²) >= 11 is 0. The van der Waals surface area contributed by atoms with E-state index in [2.05, 4.69) is 15.7 Å². The molecule has 1 saturated heterocycles. The van der Waals surface area contributed by atoms with Crippen molar-refractivity contribution in [1.82, 2.24) is 15.2 Å². The maximum absolute atomic E-state index is 14.9. The first-order valence-electron chi connectivity index (χ1n) is 12.1. The zero-order chi connectivity index (χ0) is 26.5. The molecule has 0 spiro atoms. The molecule has 2 aliphatic rings. The first kappa shape index (κ1) is 27.0. The largest absolute Gasteiger partial charge is 0.481 e. The minimum Gasteiger partial charge on any atom is -0.481 e. The fourth-order valence-corrected chi connectivity index (χ4v) is 4.69. The number of piperidine rings is 1. The van der Waals surface area contributed by atoms with E-state index in [0.717, 1.165) is 6.07 Å². The number of carboxylic acid groups (broad SMARTS) is 1. The summed E-state index contributed by atoms with van der Waals surface area (Å²) in [5.41, 5.74) is -0.911. The number of nitrogens with one attached hydrogen (secondary N) is 2. The van der Waals surface area contributed by atoms with Crippen molar-refractivity contribution in [2.24, 2.45) is 22.2 Å². The van der Waals surface area contributed by atoms with Crippen LogP contribution in [0.2, 0.25) is 0 Å². The van der Waals surface area contributed by atoms with E-state index in [9.17, 15) is 18.8 Å². The molecule has 10 nitrogen and oxygen atoms in total. The number of halogens is 1. The first-order chi connectivity index (χ1) is 17.0. The molecule has 1 aromatic carbocycles. The number of hydrogen-bond donors (Lipinski definition) is 3. The SMILES string of the molecule is CCC(C(=O)N1CCC(CC(=O)O)CC1)C(C)(C)NC(=O)c1ccc(C(=N)N2C=CCN=N2)cc1F. The normalized spacial score (nSPS) is 17.1. The van der Waals surface area contributed by atoms with Gasteiger partial charge in [0.25, 0.3) is 5.91 Å². The minimum absolute atomic E-state index is 0.0563. The average Bonchev–Trinajstić information content (AvgIpc) is 2.84. The summed E-state index contributed by atoms with van der Waals surface area (Å²) in [5, 5.41) is 28.9. The van der Waals surface area contributed by atoms with Crippen molar-refractivity contribution in [3.8, 4) is 0 Å². The van der Waals surface area contributed by atoms with E-state index in [0.29, 0.717) is 38.9 Å². The standard InChI is InChI=1S/C25H33FN6O4/c1-4-19(24(36)31-12-8-16(9-13-31)14-21(33)34)25(2,3)29-23(35)18-7-6-17(15-20(18)26)22(27)32-11-5-10-28-30-32/h5-7,11,15-16,19,27H,4,8-10,12-14H2,1-3H3,(H,29,35)(H,33,34). The Hall–Kier alpha value is -3.63. The number of carbonyl (C=O) groups excluding carboxylic acids is 2. The number of rotatable bonds is 8. The van der Waals surface area contributed by atoms with Gasteiger partial charge in [-0.15, -0.1) is 0 Å². The molecular formula is C25H33FN6O4. The topological polar surface area (TPSA) is 139 Å². The third kappa shape index (κ3) is 6.32. The summed E-state index contributed by atoms with van der Waals surface area (Å²) in [6, 6.07) is 3.88. The zero-order valence-corrected chi connectivity index (χ0v) is 20.8. The van der Waals surface area contributed by atoms with Crippen molar-refractivity contribution in [2.75, 3.05) is 19.6 Å². The van der Waals surface area contributed by atoms with Crippen LogP contribution >= 0.6 is 0 Å². The van der Waals surface area contributed by atoms with Gasteiger partial charge in [-0.2, -0.15) is 5.11 Å². The van der Waals surface area contributed by atoms with Gasteiger partial charge in [0.2, 0.25) is 5.91 Å². The summed E-state index contributed by atoms with van der Waals surface area (Å²) in [5.74, 6) is -2.94. The molecule has 1 unspecified atom stereocenters. The van der Waals surface area contributed by atoms with Gasteiger partial charge in [0.05, 0.1) is 18.0 Å². The van der Waals surface area contributed by atoms with Crippen molar-refractivity contribution >= 4 is 23.6 Å². The summed E-state index contributed by atoms with van der Waals surface area (Å²) in [7, 11) is 0. The van der Waals surface area contributed by atoms with Crippen molar-refractivity contribution < 1.29 is 23.9 Å². The monoisotopic (exact) mass is 500 g/mol. The van der Waals surface area contributed by atoms with E-state index in [-0.39, 0.29) is 35.2 Å². The molecule has 0 aromatic heterocycles. The van der Waals surface area contributed by atoms with E-state index in [4.69, 9.17) is 10.5 Å². The number of nitrogens with zero attached hydrogens (tertiary/aromatic N) is 4. The summed E-state index contributed by atoms with van der Waals surface area (Å²) < 4.78 is 14.9. The van der Waals surface area contributed by atoms with Crippen LogP contribution in [0.15, 0.2) is 40.8 Å². The number of aliphatic carboxylic acids is 1. The van der Waals surface area contributed by atoms with Gasteiger partial charge >= 0.3 is 5.97 Å². The highest BCUT2D eigenvalue weighted by molar-refractivity contribution is 5.99. The van der Waals surface area contributed by atoms with Crippen molar-refractivity contribution in [3.63, 3.8) is 0 Å². The molecule has 1 fully saturated rings. The summed E-state index contributed by atoms with van der Waals surface area (Å²) in [6.45, 7) is 6.71. The Morgan fingerprint density at radius 2 is 1.97 bits per heavy atom. The number of amides is 2. The molecule has 1 aromatic rings. The lowest BCUT2D eigenvalue weighted by molar-refractivity contribution is -0.140. The highest BCUT2D eigenvalue weighted by atomic mass is 19.1. The molecule has 194 valence electrons. The molecule has 0 saturated carbocycles. The molecular weight excluding hydrogens is 467 g/mol. The Morgan fingerprint density at radius 3 is 2.53 bits per heavy atom. The molecule has 0 radical (unpaired) electrons. The number of likely N-dealkylation sites (tertiary alicyclic amines) is 1. The van der Waals surface area contributed by atoms with Gasteiger partial charge in [-0.05, 0) is 57.2 Å². The van der Waals surface area contributed by atoms with Crippen LogP contribution in [0.25, 0.3) is 0 Å². The van der Waals surface area contributed by atoms with Crippen LogP contribution in [-0.4, -0.2) is 63.8 Å². The van der Waals surface area contributed by atoms with Crippen LogP contribution in [0.4, 0.5) is 4.39 Å². The second kappa shape index (κ2) is 11.4. The Labute approximate surface area is 209 Å². The maximum Gasteiger partial charge on any atom is 0.303 e. The lowest BCUT2D eigenvalue weighted by Crippen LogP contribution is -2.55. The third-order valence-electron chi connectivity index (χ3n) is 6.71. The smallest absolute Gasteiger partial charge is 0.303 e. The van der Waals surface area contributed by atoms with Crippen molar-refractivity contribution in [1.29, 1.82) is 5.41 Å². The molecule has 3 rings (SSSR count). The minimum atomic E-state index is -0.961. The fraction of sp³-hybridized carbons (Fsp3) is 0.520. The number of carboxylic acids is 1. The predicted molar refractivity (Wildman–Crippen MR) is 131 cm³/mol. The van der Waals surface area contributed by atoms with Gasteiger partial charge in [0.1, 0.15) is 5.82 Å². The van der Waals surface area contributed by atoms with Gasteiger partial charge in [-0.3, -0.25) is 19.8 Å². The summed E-state index contributed by atoms with van der Waals surface area (Å²) in [4.78, 5) is 39.0. The molecule has 2 aliphatic heterocycles. The van der Waals surface area contributed by atoms with Crippen molar-refractivity contribution in [2.45, 2.75) is 52.0 Å². The molecule has 2 amide bonds. The quantitative estimate of drug-likeness (QED) is 0.370. The lowest BCUT2D eigenvalue weighted by atomic mass is 9.82. The van der Waals surface area contributed by atoms with Gasteiger partial charge < -0.3 is 15.3 Å². The second-order valence-corrected chi connectivity index (χ2v) is 9.69. The number of benzene rings is 1. The Kier molecular flexibility index (Phi) is 8.54. The van der Waals surface area contributed by atoms with Gasteiger partial charge in [0.15, 0.2) is 5.84 Å². The lowest BCUT2D eigenvalue weighted by Gasteiger charge is -2.39. The predicted octanol–water partition coefficient (Wildman–Crippen LogP) is 3.60. The van der Waals surface area contributed by atoms with Crippen LogP contribution in [-0.2, 0) is 9.59 Å². The highest BCUT2D eigenvalue weighted by Crippen LogP contribution is 2.28. The van der Waals surface area contributed by atoms with Crippen LogP contribution in [0.5, 0.6) is 0 Å². The number of hydrogen-bond acceptors (Lipinski definition) is 6. The average molecular weight is 501 g/mol. The molecule has 2 heterocycles. The molecule has 0 bridgehead atoms. The fourth-order valence-electron chi connectivity index (χ4n) is 4.69.